The highest BCUT2D eigenvalue weighted by Crippen LogP contribution is 2.19. The molecule has 1 N–H and O–H groups in total. The van der Waals surface area contributed by atoms with E-state index in [4.69, 9.17) is 11.6 Å². The molecule has 0 aliphatic carbocycles. The Morgan fingerprint density at radius 3 is 2.60 bits per heavy atom. The van der Waals surface area contributed by atoms with Gasteiger partial charge in [-0.2, -0.15) is 0 Å². The van der Waals surface area contributed by atoms with Crippen LogP contribution >= 0.6 is 11.6 Å². The normalized spacial score (nSPS) is 11.9. The highest BCUT2D eigenvalue weighted by Gasteiger charge is 2.16. The van der Waals surface area contributed by atoms with Gasteiger partial charge in [0.25, 0.3) is 5.91 Å². The second-order valence-corrected chi connectivity index (χ2v) is 5.11. The summed E-state index contributed by atoms with van der Waals surface area (Å²) in [6, 6.07) is 9.74. The summed E-state index contributed by atoms with van der Waals surface area (Å²) in [6.07, 6.45) is 3.86. The van der Waals surface area contributed by atoms with E-state index in [9.17, 15) is 4.79 Å². The summed E-state index contributed by atoms with van der Waals surface area (Å²) in [5, 5.41) is 3.41. The van der Waals surface area contributed by atoms with Gasteiger partial charge < -0.3 is 5.32 Å². The molecular weight excluding hydrogens is 272 g/mol. The third kappa shape index (κ3) is 3.36. The number of carbonyl (C=O) groups is 1. The number of nitrogens with one attached hydrogen (secondary N) is 1. The molecule has 1 heterocycles. The lowest BCUT2D eigenvalue weighted by Gasteiger charge is -2.18. The molecule has 20 heavy (non-hydrogen) atoms. The van der Waals surface area contributed by atoms with E-state index in [2.05, 4.69) is 10.3 Å². The predicted molar refractivity (Wildman–Crippen MR) is 80.9 cm³/mol. The number of aromatic nitrogens is 1. The number of rotatable bonds is 4. The van der Waals surface area contributed by atoms with Gasteiger partial charge in [-0.1, -0.05) is 48.4 Å². The van der Waals surface area contributed by atoms with E-state index in [-0.39, 0.29) is 11.9 Å². The van der Waals surface area contributed by atoms with Gasteiger partial charge in [0.05, 0.1) is 16.6 Å². The van der Waals surface area contributed by atoms with Crippen molar-refractivity contribution in [2.45, 2.75) is 26.3 Å². The van der Waals surface area contributed by atoms with Crippen molar-refractivity contribution in [3.63, 3.8) is 0 Å². The Hall–Kier alpha value is -1.87. The van der Waals surface area contributed by atoms with Gasteiger partial charge in [0.2, 0.25) is 0 Å². The van der Waals surface area contributed by atoms with Gasteiger partial charge in [-0.3, -0.25) is 9.78 Å². The molecule has 0 bridgehead atoms. The Morgan fingerprint density at radius 1 is 1.30 bits per heavy atom. The average Bonchev–Trinajstić information content (AvgIpc) is 2.46. The van der Waals surface area contributed by atoms with Crippen LogP contribution < -0.4 is 5.32 Å². The maximum absolute atomic E-state index is 12.2. The van der Waals surface area contributed by atoms with Crippen LogP contribution in [-0.4, -0.2) is 10.9 Å². The maximum Gasteiger partial charge on any atom is 0.254 e. The van der Waals surface area contributed by atoms with Crippen molar-refractivity contribution in [1.29, 1.82) is 0 Å². The number of benzene rings is 1. The average molecular weight is 289 g/mol. The standard InChI is InChI=1S/C16H17ClN2O/c1-3-15(12-6-4-11(2)5-7-12)19-16(20)13-10-18-9-8-14(13)17/h4-10,15H,3H2,1-2H3,(H,19,20). The first-order chi connectivity index (χ1) is 9.61. The first-order valence-corrected chi connectivity index (χ1v) is 6.96. The molecule has 0 fully saturated rings. The number of amides is 1. The molecule has 0 saturated heterocycles. The first-order valence-electron chi connectivity index (χ1n) is 6.58. The number of pyridine rings is 1. The third-order valence-electron chi connectivity index (χ3n) is 3.21. The van der Waals surface area contributed by atoms with E-state index >= 15 is 0 Å². The zero-order valence-corrected chi connectivity index (χ0v) is 12.3. The second kappa shape index (κ2) is 6.53. The Balaban J connectivity index is 2.16. The Morgan fingerprint density at radius 2 is 2.00 bits per heavy atom. The molecular formula is C16H17ClN2O. The van der Waals surface area contributed by atoms with Crippen molar-refractivity contribution in [3.8, 4) is 0 Å². The number of hydrogen-bond acceptors (Lipinski definition) is 2. The topological polar surface area (TPSA) is 42.0 Å². The van der Waals surface area contributed by atoms with Crippen LogP contribution in [0.1, 0.15) is 40.9 Å². The molecule has 0 saturated carbocycles. The highest BCUT2D eigenvalue weighted by atomic mass is 35.5. The highest BCUT2D eigenvalue weighted by molar-refractivity contribution is 6.33. The minimum absolute atomic E-state index is 0.0284. The van der Waals surface area contributed by atoms with Crippen molar-refractivity contribution in [2.24, 2.45) is 0 Å². The van der Waals surface area contributed by atoms with Gasteiger partial charge in [0, 0.05) is 12.4 Å². The second-order valence-electron chi connectivity index (χ2n) is 4.70. The van der Waals surface area contributed by atoms with Gasteiger partial charge in [0.15, 0.2) is 0 Å². The van der Waals surface area contributed by atoms with Gasteiger partial charge in [-0.25, -0.2) is 0 Å². The van der Waals surface area contributed by atoms with E-state index < -0.39 is 0 Å². The molecule has 1 aromatic heterocycles. The Bertz CT molecular complexity index is 596. The van der Waals surface area contributed by atoms with Gasteiger partial charge in [0.1, 0.15) is 0 Å². The van der Waals surface area contributed by atoms with Crippen molar-refractivity contribution in [1.82, 2.24) is 10.3 Å². The molecule has 1 unspecified atom stereocenters. The van der Waals surface area contributed by atoms with Crippen LogP contribution in [0.15, 0.2) is 42.7 Å². The smallest absolute Gasteiger partial charge is 0.254 e. The molecule has 2 rings (SSSR count). The summed E-state index contributed by atoms with van der Waals surface area (Å²) in [4.78, 5) is 16.2. The fourth-order valence-electron chi connectivity index (χ4n) is 2.00. The lowest BCUT2D eigenvalue weighted by Crippen LogP contribution is -2.28. The molecule has 2 aromatic rings. The van der Waals surface area contributed by atoms with Crippen LogP contribution in [0.2, 0.25) is 5.02 Å². The molecule has 1 aromatic carbocycles. The van der Waals surface area contributed by atoms with Crippen LogP contribution in [0, 0.1) is 6.92 Å². The third-order valence-corrected chi connectivity index (χ3v) is 3.54. The fraction of sp³-hybridized carbons (Fsp3) is 0.250. The Labute approximate surface area is 124 Å². The van der Waals surface area contributed by atoms with E-state index in [1.807, 2.05) is 38.1 Å². The SMILES string of the molecule is CCC(NC(=O)c1cnccc1Cl)c1ccc(C)cc1. The number of nitrogens with zero attached hydrogens (tertiary/aromatic N) is 1. The van der Waals surface area contributed by atoms with Gasteiger partial charge in [-0.05, 0) is 25.0 Å². The molecule has 104 valence electrons. The van der Waals surface area contributed by atoms with Crippen LogP contribution in [0.5, 0.6) is 0 Å². The molecule has 3 nitrogen and oxygen atoms in total. The minimum atomic E-state index is -0.199. The summed E-state index contributed by atoms with van der Waals surface area (Å²) >= 11 is 6.01. The van der Waals surface area contributed by atoms with Gasteiger partial charge >= 0.3 is 0 Å². The van der Waals surface area contributed by atoms with Gasteiger partial charge in [-0.15, -0.1) is 0 Å². The lowest BCUT2D eigenvalue weighted by atomic mass is 10.0. The minimum Gasteiger partial charge on any atom is -0.345 e. The van der Waals surface area contributed by atoms with Crippen LogP contribution in [-0.2, 0) is 0 Å². The summed E-state index contributed by atoms with van der Waals surface area (Å²) in [5.74, 6) is -0.199. The summed E-state index contributed by atoms with van der Waals surface area (Å²) in [5.41, 5.74) is 2.69. The zero-order chi connectivity index (χ0) is 14.5. The predicted octanol–water partition coefficient (Wildman–Crippen LogP) is 3.92. The quantitative estimate of drug-likeness (QED) is 0.926. The molecule has 0 radical (unpaired) electrons. The van der Waals surface area contributed by atoms with Crippen molar-refractivity contribution in [2.75, 3.05) is 0 Å². The van der Waals surface area contributed by atoms with E-state index in [1.165, 1.54) is 11.8 Å². The molecule has 0 aliphatic heterocycles. The molecule has 0 spiro atoms. The molecule has 4 heteroatoms. The van der Waals surface area contributed by atoms with E-state index in [1.54, 1.807) is 12.3 Å². The summed E-state index contributed by atoms with van der Waals surface area (Å²) < 4.78 is 0. The van der Waals surface area contributed by atoms with E-state index in [0.717, 1.165) is 12.0 Å². The molecule has 1 amide bonds. The monoisotopic (exact) mass is 288 g/mol. The van der Waals surface area contributed by atoms with Crippen LogP contribution in [0.25, 0.3) is 0 Å². The number of aryl methyl sites for hydroxylation is 1. The largest absolute Gasteiger partial charge is 0.345 e. The number of halogens is 1. The fourth-order valence-corrected chi connectivity index (χ4v) is 2.19. The lowest BCUT2D eigenvalue weighted by molar-refractivity contribution is 0.0935. The van der Waals surface area contributed by atoms with Crippen molar-refractivity contribution < 1.29 is 4.79 Å². The van der Waals surface area contributed by atoms with Crippen LogP contribution in [0.3, 0.4) is 0 Å². The maximum atomic E-state index is 12.2. The first kappa shape index (κ1) is 14.5. The Kier molecular flexibility index (Phi) is 4.74. The van der Waals surface area contributed by atoms with Crippen LogP contribution in [0.4, 0.5) is 0 Å². The van der Waals surface area contributed by atoms with Crippen molar-refractivity contribution >= 4 is 17.5 Å². The number of hydrogen-bond donors (Lipinski definition) is 1. The molecule has 0 aliphatic rings. The molecule has 1 atom stereocenters. The zero-order valence-electron chi connectivity index (χ0n) is 11.6. The summed E-state index contributed by atoms with van der Waals surface area (Å²) in [7, 11) is 0. The summed E-state index contributed by atoms with van der Waals surface area (Å²) in [6.45, 7) is 4.08. The van der Waals surface area contributed by atoms with Crippen molar-refractivity contribution in [3.05, 3.63) is 64.4 Å². The van der Waals surface area contributed by atoms with E-state index in [0.29, 0.717) is 10.6 Å². The number of carbonyl (C=O) groups excluding carboxylic acids is 1.